The standard InChI is InChI=1S/C24H38N4O2.HI/c1-23(2,3)30-22(29)28-20-12-10-19(11-13-20)27-21(25-4)26-17-24(14-15-24)16-18-8-6-5-7-9-18;/h5-9,19-20H,10-17H2,1-4H3,(H,28,29)(H2,25,26,27);1H. The zero-order valence-electron chi connectivity index (χ0n) is 19.4. The number of carbonyl (C=O) groups excluding carboxylic acids is 1. The third-order valence-corrected chi connectivity index (χ3v) is 6.02. The van der Waals surface area contributed by atoms with E-state index in [1.54, 1.807) is 0 Å². The molecule has 1 aromatic carbocycles. The van der Waals surface area contributed by atoms with E-state index in [1.165, 1.54) is 18.4 Å². The lowest BCUT2D eigenvalue weighted by atomic mass is 9.91. The lowest BCUT2D eigenvalue weighted by Gasteiger charge is -2.31. The molecule has 3 rings (SSSR count). The highest BCUT2D eigenvalue weighted by atomic mass is 127. The summed E-state index contributed by atoms with van der Waals surface area (Å²) < 4.78 is 5.37. The Morgan fingerprint density at radius 3 is 2.16 bits per heavy atom. The molecule has 2 aliphatic carbocycles. The molecule has 0 spiro atoms. The normalized spacial score (nSPS) is 22.6. The highest BCUT2D eigenvalue weighted by Gasteiger charge is 2.42. The second-order valence-electron chi connectivity index (χ2n) is 9.93. The van der Waals surface area contributed by atoms with Gasteiger partial charge in [-0.05, 0) is 76.7 Å². The van der Waals surface area contributed by atoms with Crippen LogP contribution in [0.4, 0.5) is 4.79 Å². The number of benzene rings is 1. The van der Waals surface area contributed by atoms with E-state index in [4.69, 9.17) is 4.74 Å². The highest BCUT2D eigenvalue weighted by Crippen LogP contribution is 2.47. The van der Waals surface area contributed by atoms with Gasteiger partial charge in [0.15, 0.2) is 5.96 Å². The van der Waals surface area contributed by atoms with Gasteiger partial charge in [0.25, 0.3) is 0 Å². The quantitative estimate of drug-likeness (QED) is 0.279. The van der Waals surface area contributed by atoms with Crippen molar-refractivity contribution in [1.82, 2.24) is 16.0 Å². The number of alkyl carbamates (subject to hydrolysis) is 1. The van der Waals surface area contributed by atoms with Crippen LogP contribution in [0.5, 0.6) is 0 Å². The topological polar surface area (TPSA) is 74.8 Å². The first-order valence-corrected chi connectivity index (χ1v) is 11.3. The molecule has 0 radical (unpaired) electrons. The van der Waals surface area contributed by atoms with Crippen molar-refractivity contribution in [3.05, 3.63) is 35.9 Å². The van der Waals surface area contributed by atoms with Crippen molar-refractivity contribution >= 4 is 36.0 Å². The minimum atomic E-state index is -0.458. The monoisotopic (exact) mass is 542 g/mol. The number of ether oxygens (including phenoxy) is 1. The molecule has 6 nitrogen and oxygen atoms in total. The number of hydrogen-bond acceptors (Lipinski definition) is 3. The molecule has 0 saturated heterocycles. The van der Waals surface area contributed by atoms with Crippen LogP contribution in [-0.4, -0.2) is 43.3 Å². The Morgan fingerprint density at radius 2 is 1.65 bits per heavy atom. The molecule has 174 valence electrons. The second-order valence-corrected chi connectivity index (χ2v) is 9.93. The zero-order valence-corrected chi connectivity index (χ0v) is 21.7. The van der Waals surface area contributed by atoms with Crippen LogP contribution in [0.2, 0.25) is 0 Å². The first-order chi connectivity index (χ1) is 14.3. The summed E-state index contributed by atoms with van der Waals surface area (Å²) >= 11 is 0. The summed E-state index contributed by atoms with van der Waals surface area (Å²) in [6.07, 6.45) is 7.27. The molecule has 0 heterocycles. The van der Waals surface area contributed by atoms with E-state index in [-0.39, 0.29) is 36.1 Å². The predicted molar refractivity (Wildman–Crippen MR) is 137 cm³/mol. The molecule has 0 bridgehead atoms. The number of halogens is 1. The Bertz CT molecular complexity index is 721. The number of carbonyl (C=O) groups is 1. The van der Waals surface area contributed by atoms with Gasteiger partial charge in [0.1, 0.15) is 5.60 Å². The van der Waals surface area contributed by atoms with Crippen LogP contribution in [0.3, 0.4) is 0 Å². The van der Waals surface area contributed by atoms with E-state index in [1.807, 2.05) is 27.8 Å². The molecule has 2 fully saturated rings. The summed E-state index contributed by atoms with van der Waals surface area (Å²) in [4.78, 5) is 16.4. The minimum absolute atomic E-state index is 0. The number of hydrogen-bond donors (Lipinski definition) is 3. The fourth-order valence-corrected chi connectivity index (χ4v) is 4.14. The van der Waals surface area contributed by atoms with Crippen molar-refractivity contribution in [1.29, 1.82) is 0 Å². The minimum Gasteiger partial charge on any atom is -0.444 e. The highest BCUT2D eigenvalue weighted by molar-refractivity contribution is 14.0. The number of amides is 1. The van der Waals surface area contributed by atoms with E-state index in [0.717, 1.165) is 44.6 Å². The smallest absolute Gasteiger partial charge is 0.407 e. The molecule has 0 aliphatic heterocycles. The number of nitrogens with one attached hydrogen (secondary N) is 3. The number of guanidine groups is 1. The Balaban J connectivity index is 0.00000341. The molecular formula is C24H39IN4O2. The first kappa shape index (κ1) is 25.7. The van der Waals surface area contributed by atoms with E-state index in [0.29, 0.717) is 11.5 Å². The van der Waals surface area contributed by atoms with Crippen LogP contribution in [-0.2, 0) is 11.2 Å². The molecule has 7 heteroatoms. The van der Waals surface area contributed by atoms with Gasteiger partial charge < -0.3 is 20.7 Å². The maximum Gasteiger partial charge on any atom is 0.407 e. The van der Waals surface area contributed by atoms with Gasteiger partial charge >= 0.3 is 6.09 Å². The molecule has 1 aromatic rings. The Hall–Kier alpha value is -1.51. The van der Waals surface area contributed by atoms with Crippen molar-refractivity contribution in [3.63, 3.8) is 0 Å². The summed E-state index contributed by atoms with van der Waals surface area (Å²) in [7, 11) is 1.84. The number of nitrogens with zero attached hydrogens (tertiary/aromatic N) is 1. The maximum absolute atomic E-state index is 12.0. The van der Waals surface area contributed by atoms with Gasteiger partial charge in [0.2, 0.25) is 0 Å². The molecule has 2 aliphatic rings. The molecular weight excluding hydrogens is 503 g/mol. The lowest BCUT2D eigenvalue weighted by molar-refractivity contribution is 0.0490. The third-order valence-electron chi connectivity index (χ3n) is 6.02. The summed E-state index contributed by atoms with van der Waals surface area (Å²) in [6.45, 7) is 6.62. The van der Waals surface area contributed by atoms with Crippen molar-refractivity contribution in [3.8, 4) is 0 Å². The summed E-state index contributed by atoms with van der Waals surface area (Å²) in [5.74, 6) is 0.887. The van der Waals surface area contributed by atoms with Crippen molar-refractivity contribution in [2.24, 2.45) is 10.4 Å². The summed E-state index contributed by atoms with van der Waals surface area (Å²) in [5.41, 5.74) is 1.32. The zero-order chi connectivity index (χ0) is 21.6. The molecule has 2 saturated carbocycles. The molecule has 1 amide bonds. The largest absolute Gasteiger partial charge is 0.444 e. The van der Waals surface area contributed by atoms with Gasteiger partial charge in [-0.25, -0.2) is 4.79 Å². The SMILES string of the molecule is CN=C(NCC1(Cc2ccccc2)CC1)NC1CCC(NC(=O)OC(C)(C)C)CC1.I. The predicted octanol–water partition coefficient (Wildman–Crippen LogP) is 4.63. The first-order valence-electron chi connectivity index (χ1n) is 11.3. The average molecular weight is 543 g/mol. The molecule has 0 unspecified atom stereocenters. The average Bonchev–Trinajstić information content (AvgIpc) is 3.45. The molecule has 0 aromatic heterocycles. The van der Waals surface area contributed by atoms with Crippen LogP contribution >= 0.6 is 24.0 Å². The van der Waals surface area contributed by atoms with E-state index in [2.05, 4.69) is 51.3 Å². The Morgan fingerprint density at radius 1 is 1.06 bits per heavy atom. The van der Waals surface area contributed by atoms with E-state index in [9.17, 15) is 4.79 Å². The van der Waals surface area contributed by atoms with Crippen molar-refractivity contribution in [2.45, 2.75) is 83.4 Å². The lowest BCUT2D eigenvalue weighted by Crippen LogP contribution is -2.49. The van der Waals surface area contributed by atoms with E-state index >= 15 is 0 Å². The van der Waals surface area contributed by atoms with Crippen LogP contribution < -0.4 is 16.0 Å². The van der Waals surface area contributed by atoms with Gasteiger partial charge in [-0.2, -0.15) is 0 Å². The fraction of sp³-hybridized carbons (Fsp3) is 0.667. The third kappa shape index (κ3) is 8.86. The number of rotatable bonds is 6. The second kappa shape index (κ2) is 11.4. The van der Waals surface area contributed by atoms with Crippen LogP contribution in [0.25, 0.3) is 0 Å². The van der Waals surface area contributed by atoms with E-state index < -0.39 is 5.60 Å². The van der Waals surface area contributed by atoms with Gasteiger partial charge in [0, 0.05) is 25.7 Å². The molecule has 0 atom stereocenters. The van der Waals surface area contributed by atoms with Crippen LogP contribution in [0.15, 0.2) is 35.3 Å². The fourth-order valence-electron chi connectivity index (χ4n) is 4.14. The van der Waals surface area contributed by atoms with Gasteiger partial charge in [-0.15, -0.1) is 24.0 Å². The number of aliphatic imine (C=N–C) groups is 1. The van der Waals surface area contributed by atoms with Crippen LogP contribution in [0.1, 0.15) is 64.9 Å². The van der Waals surface area contributed by atoms with Crippen molar-refractivity contribution < 1.29 is 9.53 Å². The van der Waals surface area contributed by atoms with Gasteiger partial charge in [-0.1, -0.05) is 30.3 Å². The van der Waals surface area contributed by atoms with Gasteiger partial charge in [-0.3, -0.25) is 4.99 Å². The summed E-state index contributed by atoms with van der Waals surface area (Å²) in [6, 6.07) is 11.3. The maximum atomic E-state index is 12.0. The van der Waals surface area contributed by atoms with Crippen molar-refractivity contribution in [2.75, 3.05) is 13.6 Å². The molecule has 3 N–H and O–H groups in total. The van der Waals surface area contributed by atoms with Gasteiger partial charge in [0.05, 0.1) is 0 Å². The summed E-state index contributed by atoms with van der Waals surface area (Å²) in [5, 5.41) is 10.1. The van der Waals surface area contributed by atoms with Crippen LogP contribution in [0, 0.1) is 5.41 Å². The Labute approximate surface area is 204 Å². The molecule has 31 heavy (non-hydrogen) atoms. The Kier molecular flexibility index (Phi) is 9.45.